The number of benzene rings is 1. The van der Waals surface area contributed by atoms with Crippen molar-refractivity contribution >= 4 is 30.6 Å². The Labute approximate surface area is 103 Å². The van der Waals surface area contributed by atoms with Gasteiger partial charge in [-0.2, -0.15) is 0 Å². The van der Waals surface area contributed by atoms with Crippen LogP contribution in [0.3, 0.4) is 0 Å². The molecule has 0 unspecified atom stereocenters. The van der Waals surface area contributed by atoms with Gasteiger partial charge in [0.1, 0.15) is 5.75 Å². The van der Waals surface area contributed by atoms with Crippen molar-refractivity contribution in [3.63, 3.8) is 0 Å². The van der Waals surface area contributed by atoms with Crippen LogP contribution in [-0.4, -0.2) is 27.6 Å². The second-order valence-corrected chi connectivity index (χ2v) is 5.82. The SMILES string of the molecule is COc1cc2[nH]ccc2c(OC)c1S(=O)(=O)Cl. The van der Waals surface area contributed by atoms with Crippen molar-refractivity contribution < 1.29 is 17.9 Å². The number of ether oxygens (including phenoxy) is 2. The second kappa shape index (κ2) is 4.12. The highest BCUT2D eigenvalue weighted by atomic mass is 35.7. The molecule has 1 aromatic heterocycles. The molecule has 0 fully saturated rings. The molecule has 2 rings (SSSR count). The van der Waals surface area contributed by atoms with Crippen LogP contribution >= 0.6 is 10.7 Å². The van der Waals surface area contributed by atoms with Crippen molar-refractivity contribution in [3.05, 3.63) is 18.3 Å². The van der Waals surface area contributed by atoms with E-state index in [1.165, 1.54) is 14.2 Å². The van der Waals surface area contributed by atoms with E-state index >= 15 is 0 Å². The number of methoxy groups -OCH3 is 2. The molecule has 92 valence electrons. The molecule has 0 aliphatic carbocycles. The summed E-state index contributed by atoms with van der Waals surface area (Å²) in [6.45, 7) is 0. The van der Waals surface area contributed by atoms with E-state index in [9.17, 15) is 8.42 Å². The van der Waals surface area contributed by atoms with Crippen molar-refractivity contribution in [2.75, 3.05) is 14.2 Å². The van der Waals surface area contributed by atoms with Gasteiger partial charge in [0.25, 0.3) is 9.05 Å². The Morgan fingerprint density at radius 1 is 1.29 bits per heavy atom. The Balaban J connectivity index is 2.95. The maximum absolute atomic E-state index is 11.6. The molecule has 0 saturated carbocycles. The van der Waals surface area contributed by atoms with Gasteiger partial charge in [-0.25, -0.2) is 8.42 Å². The normalized spacial score (nSPS) is 11.7. The molecule has 17 heavy (non-hydrogen) atoms. The van der Waals surface area contributed by atoms with E-state index in [0.29, 0.717) is 10.9 Å². The highest BCUT2D eigenvalue weighted by Gasteiger charge is 2.25. The van der Waals surface area contributed by atoms with Gasteiger partial charge in [-0.05, 0) is 6.07 Å². The average Bonchev–Trinajstić information content (AvgIpc) is 2.72. The first-order valence-electron chi connectivity index (χ1n) is 4.65. The van der Waals surface area contributed by atoms with Crippen LogP contribution < -0.4 is 9.47 Å². The molecule has 1 aromatic carbocycles. The minimum atomic E-state index is -3.95. The lowest BCUT2D eigenvalue weighted by Crippen LogP contribution is -2.00. The first-order valence-corrected chi connectivity index (χ1v) is 6.96. The van der Waals surface area contributed by atoms with E-state index in [2.05, 4.69) is 4.98 Å². The van der Waals surface area contributed by atoms with Crippen LogP contribution in [0.1, 0.15) is 0 Å². The van der Waals surface area contributed by atoms with Crippen molar-refractivity contribution in [1.29, 1.82) is 0 Å². The summed E-state index contributed by atoms with van der Waals surface area (Å²) < 4.78 is 33.3. The van der Waals surface area contributed by atoms with Gasteiger partial charge in [0.05, 0.1) is 19.7 Å². The Bertz CT molecular complexity index is 662. The van der Waals surface area contributed by atoms with Gasteiger partial charge < -0.3 is 14.5 Å². The number of nitrogens with one attached hydrogen (secondary N) is 1. The van der Waals surface area contributed by atoms with Crippen LogP contribution in [-0.2, 0) is 9.05 Å². The number of aromatic nitrogens is 1. The molecule has 5 nitrogen and oxygen atoms in total. The smallest absolute Gasteiger partial charge is 0.268 e. The van der Waals surface area contributed by atoms with Gasteiger partial charge in [-0.15, -0.1) is 0 Å². The quantitative estimate of drug-likeness (QED) is 0.871. The zero-order valence-electron chi connectivity index (χ0n) is 9.15. The summed E-state index contributed by atoms with van der Waals surface area (Å²) in [5.74, 6) is 0.322. The Hall–Kier alpha value is -1.40. The highest BCUT2D eigenvalue weighted by molar-refractivity contribution is 8.14. The number of H-pyrrole nitrogens is 1. The predicted molar refractivity (Wildman–Crippen MR) is 64.4 cm³/mol. The third kappa shape index (κ3) is 1.94. The van der Waals surface area contributed by atoms with E-state index in [4.69, 9.17) is 20.2 Å². The highest BCUT2D eigenvalue weighted by Crippen LogP contribution is 2.41. The van der Waals surface area contributed by atoms with E-state index in [1.54, 1.807) is 18.3 Å². The molecule has 0 radical (unpaired) electrons. The second-order valence-electron chi connectivity index (χ2n) is 3.32. The summed E-state index contributed by atoms with van der Waals surface area (Å²) in [6, 6.07) is 3.27. The third-order valence-corrected chi connectivity index (χ3v) is 3.73. The fraction of sp³-hybridized carbons (Fsp3) is 0.200. The summed E-state index contributed by atoms with van der Waals surface area (Å²) >= 11 is 0. The molecule has 0 bridgehead atoms. The van der Waals surface area contributed by atoms with Crippen molar-refractivity contribution in [2.45, 2.75) is 4.90 Å². The standard InChI is InChI=1S/C10H10ClNO4S/c1-15-8-5-7-6(3-4-12-7)9(16-2)10(8)17(11,13)14/h3-5,12H,1-2H3. The van der Waals surface area contributed by atoms with Crippen LogP contribution in [0.4, 0.5) is 0 Å². The summed E-state index contributed by atoms with van der Waals surface area (Å²) in [5, 5.41) is 0.632. The molecule has 0 spiro atoms. The van der Waals surface area contributed by atoms with Crippen LogP contribution in [0.25, 0.3) is 10.9 Å². The molecule has 0 atom stereocenters. The largest absolute Gasteiger partial charge is 0.495 e. The molecule has 0 aliphatic heterocycles. The monoisotopic (exact) mass is 275 g/mol. The minimum absolute atomic E-state index is 0.145. The summed E-state index contributed by atoms with van der Waals surface area (Å²) in [6.07, 6.45) is 1.68. The van der Waals surface area contributed by atoms with Gasteiger partial charge in [0.2, 0.25) is 0 Å². The Morgan fingerprint density at radius 2 is 2.00 bits per heavy atom. The average molecular weight is 276 g/mol. The molecular weight excluding hydrogens is 266 g/mol. The van der Waals surface area contributed by atoms with Gasteiger partial charge >= 0.3 is 0 Å². The lowest BCUT2D eigenvalue weighted by Gasteiger charge is -2.11. The van der Waals surface area contributed by atoms with Crippen LogP contribution in [0.15, 0.2) is 23.2 Å². The Kier molecular flexibility index (Phi) is 2.92. The molecule has 0 saturated heterocycles. The third-order valence-electron chi connectivity index (χ3n) is 2.40. The zero-order valence-corrected chi connectivity index (χ0v) is 10.7. The number of hydrogen-bond acceptors (Lipinski definition) is 4. The van der Waals surface area contributed by atoms with E-state index in [0.717, 1.165) is 0 Å². The van der Waals surface area contributed by atoms with Crippen molar-refractivity contribution in [1.82, 2.24) is 4.98 Å². The van der Waals surface area contributed by atoms with Crippen molar-refractivity contribution in [2.24, 2.45) is 0 Å². The van der Waals surface area contributed by atoms with Gasteiger partial charge in [0, 0.05) is 28.3 Å². The van der Waals surface area contributed by atoms with Crippen LogP contribution in [0.2, 0.25) is 0 Å². The lowest BCUT2D eigenvalue weighted by atomic mass is 10.2. The number of aromatic amines is 1. The maximum Gasteiger partial charge on any atom is 0.268 e. The zero-order chi connectivity index (χ0) is 12.6. The minimum Gasteiger partial charge on any atom is -0.495 e. The molecule has 7 heteroatoms. The Morgan fingerprint density at radius 3 is 2.53 bits per heavy atom. The summed E-state index contributed by atoms with van der Waals surface area (Å²) in [7, 11) is 4.20. The summed E-state index contributed by atoms with van der Waals surface area (Å²) in [4.78, 5) is 2.79. The van der Waals surface area contributed by atoms with E-state index in [1.807, 2.05) is 0 Å². The first-order chi connectivity index (χ1) is 7.99. The topological polar surface area (TPSA) is 68.4 Å². The van der Waals surface area contributed by atoms with Crippen LogP contribution in [0, 0.1) is 0 Å². The number of fused-ring (bicyclic) bond motifs is 1. The number of halogens is 1. The molecule has 2 aromatic rings. The molecular formula is C10H10ClNO4S. The fourth-order valence-corrected chi connectivity index (χ4v) is 2.95. The molecule has 0 aliphatic rings. The van der Waals surface area contributed by atoms with Crippen LogP contribution in [0.5, 0.6) is 11.5 Å². The number of rotatable bonds is 3. The molecule has 1 N–H and O–H groups in total. The van der Waals surface area contributed by atoms with Gasteiger partial charge in [0.15, 0.2) is 10.6 Å². The first kappa shape index (κ1) is 12.1. The van der Waals surface area contributed by atoms with E-state index in [-0.39, 0.29) is 16.4 Å². The lowest BCUT2D eigenvalue weighted by molar-refractivity contribution is 0.378. The summed E-state index contributed by atoms with van der Waals surface area (Å²) in [5.41, 5.74) is 0.711. The number of hydrogen-bond donors (Lipinski definition) is 1. The molecule has 0 amide bonds. The van der Waals surface area contributed by atoms with E-state index < -0.39 is 9.05 Å². The van der Waals surface area contributed by atoms with Crippen molar-refractivity contribution in [3.8, 4) is 11.5 Å². The van der Waals surface area contributed by atoms with Gasteiger partial charge in [-0.3, -0.25) is 0 Å². The molecule has 1 heterocycles. The fourth-order valence-electron chi connectivity index (χ4n) is 1.72. The predicted octanol–water partition coefficient (Wildman–Crippen LogP) is 2.11. The van der Waals surface area contributed by atoms with Gasteiger partial charge in [-0.1, -0.05) is 0 Å². The maximum atomic E-state index is 11.6.